The monoisotopic (exact) mass is 322 g/mol. The molecule has 4 rings (SSSR count). The molecule has 2 aliphatic carbocycles. The van der Waals surface area contributed by atoms with Gasteiger partial charge in [0, 0.05) is 12.2 Å². The van der Waals surface area contributed by atoms with Crippen LogP contribution in [0.25, 0.3) is 0 Å². The molecular weight excluding hydrogens is 292 g/mol. The largest absolute Gasteiger partial charge is 0.399 e. The van der Waals surface area contributed by atoms with Crippen molar-refractivity contribution in [3.8, 4) is 0 Å². The Morgan fingerprint density at radius 1 is 1.12 bits per heavy atom. The Hall–Kier alpha value is -1.54. The van der Waals surface area contributed by atoms with Crippen LogP contribution in [0.15, 0.2) is 42.0 Å². The molecule has 0 aromatic heterocycles. The molecule has 1 aromatic carbocycles. The van der Waals surface area contributed by atoms with Gasteiger partial charge in [-0.25, -0.2) is 0 Å². The Balaban J connectivity index is 1.28. The Labute approximate surface area is 146 Å². The van der Waals surface area contributed by atoms with Crippen molar-refractivity contribution < 1.29 is 0 Å². The van der Waals surface area contributed by atoms with E-state index in [0.29, 0.717) is 0 Å². The first-order chi connectivity index (χ1) is 11.7. The highest BCUT2D eigenvalue weighted by Crippen LogP contribution is 2.33. The number of fused-ring (bicyclic) bond motifs is 1. The predicted molar refractivity (Wildman–Crippen MR) is 102 cm³/mol. The SMILES string of the molecule is CC1=CC(C2CCN(CC3Cc4ccc(N)cc4C3)CC2)CC=C1. The summed E-state index contributed by atoms with van der Waals surface area (Å²) >= 11 is 0. The van der Waals surface area contributed by atoms with E-state index in [2.05, 4.69) is 48.3 Å². The van der Waals surface area contributed by atoms with Gasteiger partial charge in [-0.1, -0.05) is 29.9 Å². The van der Waals surface area contributed by atoms with Crippen molar-refractivity contribution in [2.45, 2.75) is 39.0 Å². The highest BCUT2D eigenvalue weighted by atomic mass is 15.1. The topological polar surface area (TPSA) is 29.3 Å². The minimum Gasteiger partial charge on any atom is -0.399 e. The van der Waals surface area contributed by atoms with E-state index in [4.69, 9.17) is 5.73 Å². The minimum absolute atomic E-state index is 0.788. The normalized spacial score (nSPS) is 28.0. The van der Waals surface area contributed by atoms with Crippen molar-refractivity contribution in [1.29, 1.82) is 0 Å². The summed E-state index contributed by atoms with van der Waals surface area (Å²) in [6, 6.07) is 6.48. The van der Waals surface area contributed by atoms with Crippen LogP contribution in [-0.2, 0) is 12.8 Å². The van der Waals surface area contributed by atoms with Gasteiger partial charge in [-0.15, -0.1) is 0 Å². The quantitative estimate of drug-likeness (QED) is 0.844. The molecular formula is C22H30N2. The second-order valence-electron chi connectivity index (χ2n) is 8.15. The van der Waals surface area contributed by atoms with Gasteiger partial charge in [0.15, 0.2) is 0 Å². The van der Waals surface area contributed by atoms with Gasteiger partial charge in [0.25, 0.3) is 0 Å². The third-order valence-electron chi connectivity index (χ3n) is 6.27. The lowest BCUT2D eigenvalue weighted by Crippen LogP contribution is -2.39. The maximum atomic E-state index is 5.94. The van der Waals surface area contributed by atoms with Crippen LogP contribution in [0.2, 0.25) is 0 Å². The third-order valence-corrected chi connectivity index (χ3v) is 6.27. The molecule has 2 heteroatoms. The van der Waals surface area contributed by atoms with Crippen molar-refractivity contribution >= 4 is 5.69 Å². The summed E-state index contributed by atoms with van der Waals surface area (Å²) in [5.74, 6) is 2.47. The average Bonchev–Trinajstić information content (AvgIpc) is 2.97. The van der Waals surface area contributed by atoms with Crippen molar-refractivity contribution in [3.05, 3.63) is 53.1 Å². The molecule has 1 aliphatic heterocycles. The van der Waals surface area contributed by atoms with Crippen molar-refractivity contribution in [3.63, 3.8) is 0 Å². The van der Waals surface area contributed by atoms with Crippen LogP contribution in [0, 0.1) is 17.8 Å². The van der Waals surface area contributed by atoms with Crippen molar-refractivity contribution in [2.24, 2.45) is 17.8 Å². The number of rotatable bonds is 3. The molecule has 1 aromatic rings. The lowest BCUT2D eigenvalue weighted by molar-refractivity contribution is 0.143. The average molecular weight is 322 g/mol. The van der Waals surface area contributed by atoms with Gasteiger partial charge in [0.2, 0.25) is 0 Å². The fraction of sp³-hybridized carbons (Fsp3) is 0.545. The van der Waals surface area contributed by atoms with E-state index in [-0.39, 0.29) is 0 Å². The first-order valence-corrected chi connectivity index (χ1v) is 9.62. The fourth-order valence-corrected chi connectivity index (χ4v) is 4.99. The number of hydrogen-bond acceptors (Lipinski definition) is 2. The number of nitrogen functional groups attached to an aromatic ring is 1. The Morgan fingerprint density at radius 2 is 1.92 bits per heavy atom. The first-order valence-electron chi connectivity index (χ1n) is 9.62. The van der Waals surface area contributed by atoms with Gasteiger partial charge in [0.1, 0.15) is 0 Å². The molecule has 3 aliphatic rings. The number of piperidine rings is 1. The zero-order valence-electron chi connectivity index (χ0n) is 14.9. The smallest absolute Gasteiger partial charge is 0.0316 e. The summed E-state index contributed by atoms with van der Waals surface area (Å²) in [5.41, 5.74) is 11.3. The van der Waals surface area contributed by atoms with Crippen molar-refractivity contribution in [2.75, 3.05) is 25.4 Å². The zero-order valence-corrected chi connectivity index (χ0v) is 14.9. The maximum Gasteiger partial charge on any atom is 0.0316 e. The maximum absolute atomic E-state index is 5.94. The van der Waals surface area contributed by atoms with Gasteiger partial charge >= 0.3 is 0 Å². The van der Waals surface area contributed by atoms with E-state index in [1.54, 1.807) is 0 Å². The number of nitrogens with zero attached hydrogens (tertiary/aromatic N) is 1. The Morgan fingerprint density at radius 3 is 2.71 bits per heavy atom. The first kappa shape index (κ1) is 16.0. The van der Waals surface area contributed by atoms with Crippen LogP contribution in [0.3, 0.4) is 0 Å². The summed E-state index contributed by atoms with van der Waals surface area (Å²) in [6.07, 6.45) is 13.6. The molecule has 128 valence electrons. The highest BCUT2D eigenvalue weighted by molar-refractivity contribution is 5.46. The Bertz CT molecular complexity index is 650. The second kappa shape index (κ2) is 6.76. The number of allylic oxidation sites excluding steroid dienone is 4. The fourth-order valence-electron chi connectivity index (χ4n) is 4.99. The lowest BCUT2D eigenvalue weighted by atomic mass is 9.79. The summed E-state index contributed by atoms with van der Waals surface area (Å²) in [4.78, 5) is 2.71. The molecule has 0 spiro atoms. The van der Waals surface area contributed by atoms with Gasteiger partial charge in [-0.2, -0.15) is 0 Å². The van der Waals surface area contributed by atoms with E-state index in [0.717, 1.165) is 23.4 Å². The number of anilines is 1. The Kier molecular flexibility index (Phi) is 4.49. The molecule has 0 radical (unpaired) electrons. The van der Waals surface area contributed by atoms with E-state index < -0.39 is 0 Å². The van der Waals surface area contributed by atoms with Gasteiger partial charge in [-0.3, -0.25) is 0 Å². The molecule has 1 fully saturated rings. The molecule has 0 amide bonds. The van der Waals surface area contributed by atoms with E-state index in [1.165, 1.54) is 68.4 Å². The van der Waals surface area contributed by atoms with E-state index in [1.807, 2.05) is 0 Å². The summed E-state index contributed by atoms with van der Waals surface area (Å²) in [7, 11) is 0. The highest BCUT2D eigenvalue weighted by Gasteiger charge is 2.28. The van der Waals surface area contributed by atoms with Crippen LogP contribution in [-0.4, -0.2) is 24.5 Å². The summed E-state index contributed by atoms with van der Waals surface area (Å²) in [6.45, 7) is 6.07. The molecule has 2 N–H and O–H groups in total. The number of nitrogens with two attached hydrogens (primary N) is 1. The van der Waals surface area contributed by atoms with Gasteiger partial charge in [0.05, 0.1) is 0 Å². The van der Waals surface area contributed by atoms with Crippen LogP contribution in [0.5, 0.6) is 0 Å². The molecule has 0 bridgehead atoms. The van der Waals surface area contributed by atoms with E-state index >= 15 is 0 Å². The molecule has 1 heterocycles. The number of hydrogen-bond donors (Lipinski definition) is 1. The van der Waals surface area contributed by atoms with Crippen LogP contribution >= 0.6 is 0 Å². The van der Waals surface area contributed by atoms with Crippen LogP contribution in [0.1, 0.15) is 37.3 Å². The van der Waals surface area contributed by atoms with Crippen molar-refractivity contribution in [1.82, 2.24) is 4.90 Å². The predicted octanol–water partition coefficient (Wildman–Crippen LogP) is 4.22. The standard InChI is InChI=1S/C22H30N2/c1-16-3-2-4-19(11-16)18-7-9-24(10-8-18)15-17-12-20-5-6-22(23)14-21(20)13-17/h2-3,5-6,11,14,17-19H,4,7-10,12-13,15,23H2,1H3. The summed E-state index contributed by atoms with van der Waals surface area (Å²) < 4.78 is 0. The van der Waals surface area contributed by atoms with Gasteiger partial charge < -0.3 is 10.6 Å². The molecule has 0 saturated carbocycles. The minimum atomic E-state index is 0.788. The van der Waals surface area contributed by atoms with Crippen LogP contribution < -0.4 is 5.73 Å². The molecule has 1 saturated heterocycles. The summed E-state index contributed by atoms with van der Waals surface area (Å²) in [5, 5.41) is 0. The number of likely N-dealkylation sites (tertiary alicyclic amines) is 1. The second-order valence-corrected chi connectivity index (χ2v) is 8.15. The molecule has 2 unspecified atom stereocenters. The lowest BCUT2D eigenvalue weighted by Gasteiger charge is -2.36. The zero-order chi connectivity index (χ0) is 16.5. The van der Waals surface area contributed by atoms with Gasteiger partial charge in [-0.05, 0) is 93.1 Å². The number of benzene rings is 1. The van der Waals surface area contributed by atoms with E-state index in [9.17, 15) is 0 Å². The third kappa shape index (κ3) is 3.44. The molecule has 2 atom stereocenters. The molecule has 2 nitrogen and oxygen atoms in total. The van der Waals surface area contributed by atoms with Crippen LogP contribution in [0.4, 0.5) is 5.69 Å². The molecule has 24 heavy (non-hydrogen) atoms.